The van der Waals surface area contributed by atoms with E-state index < -0.39 is 0 Å². The summed E-state index contributed by atoms with van der Waals surface area (Å²) in [5, 5.41) is 3.75. The van der Waals surface area contributed by atoms with Crippen LogP contribution in [0.3, 0.4) is 0 Å². The van der Waals surface area contributed by atoms with Gasteiger partial charge in [0.2, 0.25) is 5.91 Å². The van der Waals surface area contributed by atoms with Crippen LogP contribution in [0.2, 0.25) is 5.02 Å². The number of hydrogen-bond donors (Lipinski definition) is 1. The van der Waals surface area contributed by atoms with Gasteiger partial charge in [0, 0.05) is 13.0 Å². The highest BCUT2D eigenvalue weighted by atomic mass is 35.5. The number of nitrogens with zero attached hydrogens (tertiary/aromatic N) is 2. The molecule has 5 nitrogen and oxygen atoms in total. The van der Waals surface area contributed by atoms with Gasteiger partial charge < -0.3 is 5.32 Å². The lowest BCUT2D eigenvalue weighted by atomic mass is 10.2. The van der Waals surface area contributed by atoms with Crippen LogP contribution >= 0.6 is 11.6 Å². The molecule has 0 aliphatic rings. The molecule has 2 aromatic carbocycles. The smallest absolute Gasteiger partial charge is 0.261 e. The summed E-state index contributed by atoms with van der Waals surface area (Å²) in [6, 6.07) is 14.1. The zero-order chi connectivity index (χ0) is 16.2. The molecule has 116 valence electrons. The zero-order valence-corrected chi connectivity index (χ0v) is 13.0. The first-order valence-corrected chi connectivity index (χ1v) is 7.51. The Labute approximate surface area is 137 Å². The molecule has 23 heavy (non-hydrogen) atoms. The van der Waals surface area contributed by atoms with E-state index in [0.29, 0.717) is 21.6 Å². The predicted molar refractivity (Wildman–Crippen MR) is 90.7 cm³/mol. The molecule has 0 saturated carbocycles. The van der Waals surface area contributed by atoms with Crippen molar-refractivity contribution in [2.75, 3.05) is 5.32 Å². The Bertz CT molecular complexity index is 921. The lowest BCUT2D eigenvalue weighted by Crippen LogP contribution is -2.23. The quantitative estimate of drug-likeness (QED) is 0.801. The number of anilines is 1. The maximum absolute atomic E-state index is 12.3. The van der Waals surface area contributed by atoms with Crippen molar-refractivity contribution in [3.05, 3.63) is 70.2 Å². The van der Waals surface area contributed by atoms with Gasteiger partial charge in [-0.25, -0.2) is 4.98 Å². The molecular formula is C17H14ClN3O2. The highest BCUT2D eigenvalue weighted by Crippen LogP contribution is 2.20. The second-order valence-electron chi connectivity index (χ2n) is 5.04. The summed E-state index contributed by atoms with van der Waals surface area (Å²) in [7, 11) is 0. The van der Waals surface area contributed by atoms with Crippen molar-refractivity contribution in [1.29, 1.82) is 0 Å². The fourth-order valence-corrected chi connectivity index (χ4v) is 2.45. The van der Waals surface area contributed by atoms with Crippen LogP contribution in [0.15, 0.2) is 59.7 Å². The average molecular weight is 328 g/mol. The molecule has 1 amide bonds. The van der Waals surface area contributed by atoms with Crippen molar-refractivity contribution in [3.63, 3.8) is 0 Å². The van der Waals surface area contributed by atoms with Gasteiger partial charge in [-0.15, -0.1) is 0 Å². The van der Waals surface area contributed by atoms with E-state index in [0.717, 1.165) is 0 Å². The number of amides is 1. The van der Waals surface area contributed by atoms with Gasteiger partial charge in [-0.1, -0.05) is 35.9 Å². The fourth-order valence-electron chi connectivity index (χ4n) is 2.26. The number of para-hydroxylation sites is 2. The molecule has 1 aromatic heterocycles. The monoisotopic (exact) mass is 327 g/mol. The van der Waals surface area contributed by atoms with Crippen molar-refractivity contribution < 1.29 is 4.79 Å². The van der Waals surface area contributed by atoms with Crippen LogP contribution in [0.4, 0.5) is 5.69 Å². The molecule has 0 aliphatic heterocycles. The summed E-state index contributed by atoms with van der Waals surface area (Å²) in [6.45, 7) is 0.257. The third-order valence-corrected chi connectivity index (χ3v) is 3.79. The Hall–Kier alpha value is -2.66. The highest BCUT2D eigenvalue weighted by molar-refractivity contribution is 6.33. The van der Waals surface area contributed by atoms with Gasteiger partial charge in [0.05, 0.1) is 27.9 Å². The van der Waals surface area contributed by atoms with Crippen LogP contribution < -0.4 is 10.9 Å². The lowest BCUT2D eigenvalue weighted by Gasteiger charge is -2.08. The highest BCUT2D eigenvalue weighted by Gasteiger charge is 2.08. The Balaban J connectivity index is 1.71. The molecule has 0 atom stereocenters. The van der Waals surface area contributed by atoms with Gasteiger partial charge in [-0.3, -0.25) is 14.2 Å². The molecular weight excluding hydrogens is 314 g/mol. The molecule has 6 heteroatoms. The van der Waals surface area contributed by atoms with Gasteiger partial charge >= 0.3 is 0 Å². The van der Waals surface area contributed by atoms with E-state index in [1.165, 1.54) is 10.9 Å². The molecule has 0 unspecified atom stereocenters. The minimum absolute atomic E-state index is 0.152. The van der Waals surface area contributed by atoms with E-state index in [1.54, 1.807) is 42.5 Å². The van der Waals surface area contributed by atoms with Crippen LogP contribution in [-0.2, 0) is 11.3 Å². The minimum atomic E-state index is -0.210. The fraction of sp³-hybridized carbons (Fsp3) is 0.118. The number of carbonyl (C=O) groups excluding carboxylic acids is 1. The number of benzene rings is 2. The molecule has 1 N–H and O–H groups in total. The predicted octanol–water partition coefficient (Wildman–Crippen LogP) is 3.08. The maximum atomic E-state index is 12.3. The second kappa shape index (κ2) is 6.62. The van der Waals surface area contributed by atoms with E-state index in [-0.39, 0.29) is 24.4 Å². The van der Waals surface area contributed by atoms with E-state index >= 15 is 0 Å². The third-order valence-electron chi connectivity index (χ3n) is 3.46. The Kier molecular flexibility index (Phi) is 4.39. The minimum Gasteiger partial charge on any atom is -0.325 e. The number of halogens is 1. The van der Waals surface area contributed by atoms with Crippen molar-refractivity contribution in [1.82, 2.24) is 9.55 Å². The Morgan fingerprint density at radius 3 is 2.70 bits per heavy atom. The molecule has 0 fully saturated rings. The Morgan fingerprint density at radius 1 is 1.13 bits per heavy atom. The number of fused-ring (bicyclic) bond motifs is 1. The maximum Gasteiger partial charge on any atom is 0.261 e. The van der Waals surface area contributed by atoms with Crippen molar-refractivity contribution in [3.8, 4) is 0 Å². The van der Waals surface area contributed by atoms with E-state index in [2.05, 4.69) is 10.3 Å². The van der Waals surface area contributed by atoms with Gasteiger partial charge in [0.15, 0.2) is 0 Å². The first-order valence-electron chi connectivity index (χ1n) is 7.14. The standard InChI is InChI=1S/C17H14ClN3O2/c18-13-6-2-4-8-15(13)20-16(22)9-10-21-11-19-14-7-3-1-5-12(14)17(21)23/h1-8,11H,9-10H2,(H,20,22). The van der Waals surface area contributed by atoms with Crippen LogP contribution in [0, 0.1) is 0 Å². The number of aryl methyl sites for hydroxylation is 1. The molecule has 0 aliphatic carbocycles. The average Bonchev–Trinajstić information content (AvgIpc) is 2.57. The normalized spacial score (nSPS) is 10.7. The molecule has 0 radical (unpaired) electrons. The summed E-state index contributed by atoms with van der Waals surface area (Å²) < 4.78 is 1.44. The largest absolute Gasteiger partial charge is 0.325 e. The summed E-state index contributed by atoms with van der Waals surface area (Å²) >= 11 is 6.00. The van der Waals surface area contributed by atoms with Gasteiger partial charge in [0.1, 0.15) is 0 Å². The summed E-state index contributed by atoms with van der Waals surface area (Å²) in [5.41, 5.74) is 1.05. The van der Waals surface area contributed by atoms with Crippen LogP contribution in [0.5, 0.6) is 0 Å². The molecule has 3 aromatic rings. The van der Waals surface area contributed by atoms with Crippen molar-refractivity contribution in [2.45, 2.75) is 13.0 Å². The second-order valence-corrected chi connectivity index (χ2v) is 5.45. The first-order chi connectivity index (χ1) is 11.1. The van der Waals surface area contributed by atoms with Crippen molar-refractivity contribution >= 4 is 34.1 Å². The molecule has 0 bridgehead atoms. The number of carbonyl (C=O) groups is 1. The summed E-state index contributed by atoms with van der Waals surface area (Å²) in [5.74, 6) is -0.210. The van der Waals surface area contributed by atoms with E-state index in [9.17, 15) is 9.59 Å². The summed E-state index contributed by atoms with van der Waals surface area (Å²) in [4.78, 5) is 28.6. The number of nitrogens with one attached hydrogen (secondary N) is 1. The van der Waals surface area contributed by atoms with Crippen LogP contribution in [0.25, 0.3) is 10.9 Å². The lowest BCUT2D eigenvalue weighted by molar-refractivity contribution is -0.116. The summed E-state index contributed by atoms with van der Waals surface area (Å²) in [6.07, 6.45) is 1.62. The van der Waals surface area contributed by atoms with Gasteiger partial charge in [0.25, 0.3) is 5.56 Å². The molecule has 0 saturated heterocycles. The molecule has 1 heterocycles. The topological polar surface area (TPSA) is 64.0 Å². The number of hydrogen-bond acceptors (Lipinski definition) is 3. The van der Waals surface area contributed by atoms with Crippen LogP contribution in [-0.4, -0.2) is 15.5 Å². The van der Waals surface area contributed by atoms with Gasteiger partial charge in [-0.2, -0.15) is 0 Å². The Morgan fingerprint density at radius 2 is 1.87 bits per heavy atom. The van der Waals surface area contributed by atoms with Gasteiger partial charge in [-0.05, 0) is 24.3 Å². The van der Waals surface area contributed by atoms with Crippen molar-refractivity contribution in [2.24, 2.45) is 0 Å². The first kappa shape index (κ1) is 15.2. The number of aromatic nitrogens is 2. The molecule has 0 spiro atoms. The number of rotatable bonds is 4. The SMILES string of the molecule is O=C(CCn1cnc2ccccc2c1=O)Nc1ccccc1Cl. The third kappa shape index (κ3) is 3.40. The van der Waals surface area contributed by atoms with E-state index in [4.69, 9.17) is 11.6 Å². The zero-order valence-electron chi connectivity index (χ0n) is 12.2. The van der Waals surface area contributed by atoms with E-state index in [1.807, 2.05) is 6.07 Å². The van der Waals surface area contributed by atoms with Crippen LogP contribution in [0.1, 0.15) is 6.42 Å². The molecule has 3 rings (SSSR count).